The monoisotopic (exact) mass is 471 g/mol. The van der Waals surface area contributed by atoms with Gasteiger partial charge in [-0.3, -0.25) is 4.79 Å². The number of fused-ring (bicyclic) bond motifs is 1. The smallest absolute Gasteiger partial charge is 0.251 e. The van der Waals surface area contributed by atoms with E-state index in [2.05, 4.69) is 82.0 Å². The number of rotatable bonds is 8. The molecule has 3 aromatic heterocycles. The lowest BCUT2D eigenvalue weighted by Gasteiger charge is -2.34. The topological polar surface area (TPSA) is 45.8 Å². The summed E-state index contributed by atoms with van der Waals surface area (Å²) in [4.78, 5) is 22.4. The van der Waals surface area contributed by atoms with Gasteiger partial charge in [0.2, 0.25) is 0 Å². The van der Waals surface area contributed by atoms with Gasteiger partial charge in [-0.2, -0.15) is 0 Å². The maximum Gasteiger partial charge on any atom is 0.251 e. The first-order chi connectivity index (χ1) is 17.1. The third-order valence-electron chi connectivity index (χ3n) is 7.33. The summed E-state index contributed by atoms with van der Waals surface area (Å²) in [5, 5.41) is 0. The average molecular weight is 472 g/mol. The number of nitrogens with zero attached hydrogens (tertiary/aromatic N) is 5. The van der Waals surface area contributed by atoms with Crippen LogP contribution in [0.15, 0.2) is 72.0 Å². The molecule has 2 atom stereocenters. The van der Waals surface area contributed by atoms with Gasteiger partial charge in [-0.25, -0.2) is 4.98 Å². The summed E-state index contributed by atoms with van der Waals surface area (Å²) in [6.07, 6.45) is 19.2. The fourth-order valence-electron chi connectivity index (χ4n) is 5.61. The van der Waals surface area contributed by atoms with Crippen LogP contribution in [0.2, 0.25) is 0 Å². The minimum absolute atomic E-state index is 0.0645. The zero-order valence-corrected chi connectivity index (χ0v) is 21.0. The van der Waals surface area contributed by atoms with Crippen molar-refractivity contribution in [3.8, 4) is 11.1 Å². The maximum absolute atomic E-state index is 12.9. The molecular formula is C29H37N5O. The number of hydrogen-bond donors (Lipinski definition) is 0. The Hall–Kier alpha value is -2.96. The second-order valence-electron chi connectivity index (χ2n) is 10.4. The molecule has 0 N–H and O–H groups in total. The standard InChI is InChI=1S/C29H37N5O/c1-31(2)21-23-8-6-13-32(22-23)14-7-15-33-16-11-26(19-29(33)35)25-12-17-34-27(20-30-28(34)18-25)24-9-4-3-5-10-24/h3-5,9,11-12,16-20,23-24H,6-8,10,13-15,21-22H2,1-2H3. The molecule has 3 aromatic rings. The molecule has 0 amide bonds. The van der Waals surface area contributed by atoms with E-state index in [1.165, 1.54) is 31.6 Å². The van der Waals surface area contributed by atoms with Crippen molar-refractivity contribution in [3.05, 3.63) is 83.2 Å². The number of imidazole rings is 1. The third-order valence-corrected chi connectivity index (χ3v) is 7.33. The van der Waals surface area contributed by atoms with E-state index in [4.69, 9.17) is 0 Å². The fraction of sp³-hybridized carbons (Fsp3) is 0.448. The van der Waals surface area contributed by atoms with Crippen LogP contribution in [0.25, 0.3) is 16.8 Å². The van der Waals surface area contributed by atoms with Crippen molar-refractivity contribution >= 4 is 5.65 Å². The van der Waals surface area contributed by atoms with E-state index >= 15 is 0 Å². The minimum atomic E-state index is 0.0645. The van der Waals surface area contributed by atoms with Crippen LogP contribution in [-0.2, 0) is 6.54 Å². The highest BCUT2D eigenvalue weighted by Crippen LogP contribution is 2.27. The third kappa shape index (κ3) is 5.65. The van der Waals surface area contributed by atoms with Gasteiger partial charge in [0.15, 0.2) is 0 Å². The van der Waals surface area contributed by atoms with Crippen LogP contribution in [0.4, 0.5) is 0 Å². The molecule has 184 valence electrons. The highest BCUT2D eigenvalue weighted by Gasteiger charge is 2.20. The van der Waals surface area contributed by atoms with Crippen molar-refractivity contribution in [2.24, 2.45) is 5.92 Å². The molecule has 0 aromatic carbocycles. The number of allylic oxidation sites excluding steroid dienone is 4. The number of aryl methyl sites for hydroxylation is 1. The summed E-state index contributed by atoms with van der Waals surface area (Å²) in [7, 11) is 4.32. The van der Waals surface area contributed by atoms with Crippen LogP contribution in [0.1, 0.15) is 37.3 Å². The largest absolute Gasteiger partial charge is 0.315 e. The van der Waals surface area contributed by atoms with Crippen LogP contribution in [0.3, 0.4) is 0 Å². The second kappa shape index (κ2) is 10.8. The van der Waals surface area contributed by atoms with Crippen molar-refractivity contribution in [1.29, 1.82) is 0 Å². The van der Waals surface area contributed by atoms with Crippen molar-refractivity contribution in [3.63, 3.8) is 0 Å². The number of hydrogen-bond acceptors (Lipinski definition) is 4. The van der Waals surface area contributed by atoms with E-state index < -0.39 is 0 Å². The van der Waals surface area contributed by atoms with E-state index in [1.54, 1.807) is 6.07 Å². The summed E-state index contributed by atoms with van der Waals surface area (Å²) >= 11 is 0. The van der Waals surface area contributed by atoms with Crippen LogP contribution in [-0.4, -0.2) is 64.0 Å². The van der Waals surface area contributed by atoms with Gasteiger partial charge < -0.3 is 18.8 Å². The lowest BCUT2D eigenvalue weighted by molar-refractivity contribution is 0.148. The van der Waals surface area contributed by atoms with Crippen molar-refractivity contribution in [2.75, 3.05) is 40.3 Å². The van der Waals surface area contributed by atoms with Crippen LogP contribution in [0, 0.1) is 5.92 Å². The predicted octanol–water partition coefficient (Wildman–Crippen LogP) is 4.43. The summed E-state index contributed by atoms with van der Waals surface area (Å²) in [5.41, 5.74) is 4.15. The maximum atomic E-state index is 12.9. The molecule has 5 rings (SSSR count). The second-order valence-corrected chi connectivity index (χ2v) is 10.4. The van der Waals surface area contributed by atoms with E-state index in [9.17, 15) is 4.79 Å². The summed E-state index contributed by atoms with van der Waals surface area (Å²) in [6.45, 7) is 5.35. The van der Waals surface area contributed by atoms with Crippen LogP contribution in [0.5, 0.6) is 0 Å². The average Bonchev–Trinajstić information content (AvgIpc) is 3.29. The van der Waals surface area contributed by atoms with Crippen LogP contribution < -0.4 is 5.56 Å². The van der Waals surface area contributed by atoms with Crippen molar-refractivity contribution in [1.82, 2.24) is 23.8 Å². The highest BCUT2D eigenvalue weighted by molar-refractivity contribution is 5.67. The Kier molecular flexibility index (Phi) is 7.30. The molecule has 6 heteroatoms. The van der Waals surface area contributed by atoms with E-state index in [1.807, 2.05) is 17.0 Å². The highest BCUT2D eigenvalue weighted by atomic mass is 16.1. The number of aromatic nitrogens is 3. The molecule has 0 spiro atoms. The molecule has 1 aliphatic carbocycles. The van der Waals surface area contributed by atoms with E-state index in [-0.39, 0.29) is 5.56 Å². The van der Waals surface area contributed by atoms with Gasteiger partial charge in [-0.1, -0.05) is 24.3 Å². The summed E-state index contributed by atoms with van der Waals surface area (Å²) < 4.78 is 4.00. The normalized spacial score (nSPS) is 20.8. The Labute approximate surface area is 208 Å². The van der Waals surface area contributed by atoms with Crippen molar-refractivity contribution < 1.29 is 0 Å². The number of likely N-dealkylation sites (tertiary alicyclic amines) is 1. The lowest BCUT2D eigenvalue weighted by atomic mass is 9.97. The van der Waals surface area contributed by atoms with E-state index in [0.717, 1.165) is 55.2 Å². The molecule has 2 aliphatic rings. The number of pyridine rings is 2. The molecule has 1 aliphatic heterocycles. The van der Waals surface area contributed by atoms with Crippen LogP contribution >= 0.6 is 0 Å². The fourth-order valence-corrected chi connectivity index (χ4v) is 5.61. The molecule has 1 saturated heterocycles. The Bertz CT molecular complexity index is 1270. The molecule has 1 fully saturated rings. The zero-order chi connectivity index (χ0) is 24.2. The van der Waals surface area contributed by atoms with Crippen molar-refractivity contribution in [2.45, 2.75) is 38.1 Å². The Morgan fingerprint density at radius 1 is 1.09 bits per heavy atom. The first-order valence-corrected chi connectivity index (χ1v) is 12.9. The quantitative estimate of drug-likeness (QED) is 0.488. The molecule has 0 radical (unpaired) electrons. The molecular weight excluding hydrogens is 434 g/mol. The lowest BCUT2D eigenvalue weighted by Crippen LogP contribution is -2.40. The molecule has 6 nitrogen and oxygen atoms in total. The predicted molar refractivity (Wildman–Crippen MR) is 143 cm³/mol. The molecule has 0 bridgehead atoms. The first kappa shape index (κ1) is 23.8. The van der Waals surface area contributed by atoms with Gasteiger partial charge in [-0.05, 0) is 88.1 Å². The van der Waals surface area contributed by atoms with Gasteiger partial charge in [0.05, 0.1) is 0 Å². The SMILES string of the molecule is CN(C)CC1CCCN(CCCn2ccc(-c3ccn4c(C5C=CC=CC5)cnc4c3)cc2=O)C1. The Morgan fingerprint density at radius 2 is 1.94 bits per heavy atom. The molecule has 35 heavy (non-hydrogen) atoms. The van der Waals surface area contributed by atoms with Gasteiger partial charge in [0.25, 0.3) is 5.56 Å². The first-order valence-electron chi connectivity index (χ1n) is 12.9. The Morgan fingerprint density at radius 3 is 2.74 bits per heavy atom. The molecule has 0 saturated carbocycles. The molecule has 2 unspecified atom stereocenters. The van der Waals surface area contributed by atoms with Gasteiger partial charge in [0.1, 0.15) is 5.65 Å². The van der Waals surface area contributed by atoms with E-state index in [0.29, 0.717) is 5.92 Å². The zero-order valence-electron chi connectivity index (χ0n) is 21.0. The summed E-state index contributed by atoms with van der Waals surface area (Å²) in [5.74, 6) is 1.12. The summed E-state index contributed by atoms with van der Waals surface area (Å²) in [6, 6.07) is 7.98. The van der Waals surface area contributed by atoms with Gasteiger partial charge >= 0.3 is 0 Å². The molecule has 4 heterocycles. The Balaban J connectivity index is 1.21. The van der Waals surface area contributed by atoms with Gasteiger partial charge in [0, 0.05) is 55.9 Å². The minimum Gasteiger partial charge on any atom is -0.315 e. The number of piperidine rings is 1. The van der Waals surface area contributed by atoms with Gasteiger partial charge in [-0.15, -0.1) is 0 Å².